The Hall–Kier alpha value is -1.97. The van der Waals surface area contributed by atoms with E-state index in [9.17, 15) is 18.1 Å². The van der Waals surface area contributed by atoms with Gasteiger partial charge in [-0.25, -0.2) is 0 Å². The van der Waals surface area contributed by atoms with Crippen LogP contribution >= 0.6 is 0 Å². The van der Waals surface area contributed by atoms with Gasteiger partial charge in [0.1, 0.15) is 10.6 Å². The van der Waals surface area contributed by atoms with E-state index in [2.05, 4.69) is 10.2 Å². The number of rotatable bonds is 3. The number of benzene rings is 3. The van der Waals surface area contributed by atoms with Crippen LogP contribution in [0, 0.1) is 0 Å². The van der Waals surface area contributed by atoms with Gasteiger partial charge in [0.25, 0.3) is 10.1 Å². The second-order valence-electron chi connectivity index (χ2n) is 5.06. The number of nitrogen functional groups attached to an aromatic ring is 1. The summed E-state index contributed by atoms with van der Waals surface area (Å²) >= 11 is 0. The monoisotopic (exact) mass is 366 g/mol. The van der Waals surface area contributed by atoms with Crippen molar-refractivity contribution in [1.29, 1.82) is 0 Å². The van der Waals surface area contributed by atoms with Gasteiger partial charge >= 0.3 is 29.6 Å². The average Bonchev–Trinajstić information content (AvgIpc) is 2.53. The summed E-state index contributed by atoms with van der Waals surface area (Å²) in [5.41, 5.74) is 6.19. The van der Waals surface area contributed by atoms with E-state index in [0.29, 0.717) is 22.1 Å². The summed E-state index contributed by atoms with van der Waals surface area (Å²) in [6, 6.07) is 14.4. The molecular weight excluding hydrogens is 353 g/mol. The third-order valence-electron chi connectivity index (χ3n) is 3.37. The van der Waals surface area contributed by atoms with Crippen LogP contribution in [0.1, 0.15) is 0 Å². The van der Waals surface area contributed by atoms with Crippen molar-refractivity contribution in [3.05, 3.63) is 54.6 Å². The molecule has 0 aliphatic rings. The van der Waals surface area contributed by atoms with Gasteiger partial charge in [0.05, 0.1) is 5.69 Å². The van der Waals surface area contributed by atoms with Gasteiger partial charge in [0, 0.05) is 11.1 Å². The first-order valence-electron chi connectivity index (χ1n) is 6.86. The van der Waals surface area contributed by atoms with Crippen LogP contribution in [0.4, 0.5) is 17.1 Å². The van der Waals surface area contributed by atoms with Crippen molar-refractivity contribution in [3.63, 3.8) is 0 Å². The molecule has 4 N–H and O–H groups in total. The number of fused-ring (bicyclic) bond motifs is 1. The predicted octanol–water partition coefficient (Wildman–Crippen LogP) is 0.794. The van der Waals surface area contributed by atoms with Crippen LogP contribution in [0.3, 0.4) is 0 Å². The van der Waals surface area contributed by atoms with E-state index in [1.54, 1.807) is 36.4 Å². The van der Waals surface area contributed by atoms with Crippen LogP contribution in [-0.4, -0.2) is 18.1 Å². The van der Waals surface area contributed by atoms with E-state index in [0.717, 1.165) is 0 Å². The van der Waals surface area contributed by atoms with Crippen molar-refractivity contribution >= 4 is 38.0 Å². The molecule has 122 valence electrons. The van der Waals surface area contributed by atoms with Crippen molar-refractivity contribution in [2.75, 3.05) is 5.73 Å². The summed E-state index contributed by atoms with van der Waals surface area (Å²) < 4.78 is 32.8. The Balaban J connectivity index is 0.00000225. The fourth-order valence-corrected chi connectivity index (χ4v) is 2.92. The molecule has 0 spiro atoms. The van der Waals surface area contributed by atoms with Crippen molar-refractivity contribution in [1.82, 2.24) is 0 Å². The molecule has 3 aromatic rings. The van der Waals surface area contributed by atoms with E-state index in [1.165, 1.54) is 18.2 Å². The molecule has 0 heterocycles. The van der Waals surface area contributed by atoms with Crippen LogP contribution in [-0.2, 0) is 10.1 Å². The van der Waals surface area contributed by atoms with Gasteiger partial charge in [-0.1, -0.05) is 18.2 Å². The molecule has 0 unspecified atom stereocenters. The number of hydrogen-bond acceptors (Lipinski definition) is 6. The molecule has 0 aliphatic carbocycles. The Morgan fingerprint density at radius 3 is 2.28 bits per heavy atom. The van der Waals surface area contributed by atoms with Crippen molar-refractivity contribution < 1.29 is 47.6 Å². The molecule has 0 aromatic heterocycles. The molecule has 25 heavy (non-hydrogen) atoms. The van der Waals surface area contributed by atoms with Gasteiger partial charge in [-0.15, -0.1) is 5.11 Å². The number of aromatic hydroxyl groups is 1. The molecule has 0 saturated carbocycles. The summed E-state index contributed by atoms with van der Waals surface area (Å²) in [4.78, 5) is -0.544. The molecule has 0 aliphatic heterocycles. The maximum atomic E-state index is 11.7. The van der Waals surface area contributed by atoms with E-state index < -0.39 is 20.8 Å². The maximum Gasteiger partial charge on any atom is 1.00 e. The van der Waals surface area contributed by atoms with Crippen LogP contribution in [0.2, 0.25) is 0 Å². The smallest absolute Gasteiger partial charge is 0.505 e. The molecule has 0 fully saturated rings. The molecular formula is C16H13N3NaO4S+. The normalized spacial score (nSPS) is 11.6. The molecule has 0 bridgehead atoms. The summed E-state index contributed by atoms with van der Waals surface area (Å²) in [6.45, 7) is 0. The predicted molar refractivity (Wildman–Crippen MR) is 90.5 cm³/mol. The number of phenols is 1. The minimum atomic E-state index is -4.62. The quantitative estimate of drug-likeness (QED) is 0.274. The van der Waals surface area contributed by atoms with E-state index in [4.69, 9.17) is 5.73 Å². The van der Waals surface area contributed by atoms with Gasteiger partial charge in [-0.3, -0.25) is 4.55 Å². The maximum absolute atomic E-state index is 11.7. The summed E-state index contributed by atoms with van der Waals surface area (Å²) in [7, 11) is -4.62. The second-order valence-corrected chi connectivity index (χ2v) is 6.45. The second kappa shape index (κ2) is 7.51. The number of phenolic OH excluding ortho intramolecular Hbond substituents is 1. The minimum absolute atomic E-state index is 0. The first kappa shape index (κ1) is 19.4. The first-order chi connectivity index (χ1) is 11.4. The Bertz CT molecular complexity index is 1050. The molecule has 3 aromatic carbocycles. The van der Waals surface area contributed by atoms with Crippen LogP contribution in [0.15, 0.2) is 69.7 Å². The Morgan fingerprint density at radius 1 is 0.960 bits per heavy atom. The molecule has 7 nitrogen and oxygen atoms in total. The summed E-state index contributed by atoms with van der Waals surface area (Å²) in [6.07, 6.45) is 0. The van der Waals surface area contributed by atoms with Gasteiger partial charge < -0.3 is 10.8 Å². The molecule has 0 saturated heterocycles. The first-order valence-corrected chi connectivity index (χ1v) is 8.30. The Kier molecular flexibility index (Phi) is 5.81. The third-order valence-corrected chi connectivity index (χ3v) is 4.24. The average molecular weight is 366 g/mol. The van der Waals surface area contributed by atoms with E-state index in [1.807, 2.05) is 0 Å². The van der Waals surface area contributed by atoms with Crippen LogP contribution in [0.5, 0.6) is 5.75 Å². The van der Waals surface area contributed by atoms with Gasteiger partial charge in [0.2, 0.25) is 0 Å². The Morgan fingerprint density at radius 2 is 1.64 bits per heavy atom. The number of azo groups is 1. The topological polar surface area (TPSA) is 125 Å². The van der Waals surface area contributed by atoms with Gasteiger partial charge in [-0.2, -0.15) is 13.5 Å². The fraction of sp³-hybridized carbons (Fsp3) is 0. The van der Waals surface area contributed by atoms with Gasteiger partial charge in [0.15, 0.2) is 5.75 Å². The number of nitrogens with zero attached hydrogens (tertiary/aromatic N) is 2. The van der Waals surface area contributed by atoms with E-state index in [-0.39, 0.29) is 35.2 Å². The molecule has 9 heteroatoms. The summed E-state index contributed by atoms with van der Waals surface area (Å²) in [5, 5.41) is 18.8. The van der Waals surface area contributed by atoms with Crippen LogP contribution < -0.4 is 35.3 Å². The SMILES string of the molecule is Nc1ccc2c(O)c(N=Nc3ccccc3)c(S(=O)(=O)O)cc2c1.[Na+]. The van der Waals surface area contributed by atoms with Crippen LogP contribution in [0.25, 0.3) is 10.8 Å². The minimum Gasteiger partial charge on any atom is -0.505 e. The van der Waals surface area contributed by atoms with Crippen molar-refractivity contribution in [2.24, 2.45) is 10.2 Å². The number of nitrogens with two attached hydrogens (primary N) is 1. The van der Waals surface area contributed by atoms with E-state index >= 15 is 0 Å². The van der Waals surface area contributed by atoms with Crippen molar-refractivity contribution in [2.45, 2.75) is 4.90 Å². The van der Waals surface area contributed by atoms with Crippen molar-refractivity contribution in [3.8, 4) is 5.75 Å². The zero-order valence-electron chi connectivity index (χ0n) is 13.3. The molecule has 0 atom stereocenters. The zero-order chi connectivity index (χ0) is 17.3. The number of anilines is 1. The zero-order valence-corrected chi connectivity index (χ0v) is 16.1. The summed E-state index contributed by atoms with van der Waals surface area (Å²) in [5.74, 6) is -0.403. The largest absolute Gasteiger partial charge is 1.00 e. The third kappa shape index (κ3) is 4.17. The molecule has 3 rings (SSSR count). The Labute approximate surface area is 166 Å². The molecule has 0 radical (unpaired) electrons. The standard InChI is InChI=1S/C16H13N3O4S.Na/c17-11-6-7-13-10(8-11)9-14(24(21,22)23)15(16(13)20)19-18-12-4-2-1-3-5-12;/h1-9,20H,17H2,(H,21,22,23);/q;+1. The molecule has 0 amide bonds. The fourth-order valence-electron chi connectivity index (χ4n) is 2.27. The van der Waals surface area contributed by atoms with Gasteiger partial charge in [-0.05, 0) is 41.8 Å². The number of hydrogen-bond donors (Lipinski definition) is 3.